The minimum Gasteiger partial charge on any atom is -0.445 e. The molecule has 0 spiro atoms. The van der Waals surface area contributed by atoms with Crippen LogP contribution in [0.1, 0.15) is 45.3 Å². The van der Waals surface area contributed by atoms with Crippen LogP contribution in [0.5, 0.6) is 0 Å². The van der Waals surface area contributed by atoms with Crippen LogP contribution in [-0.2, 0) is 17.6 Å². The van der Waals surface area contributed by atoms with E-state index in [1.54, 1.807) is 13.1 Å². The molecule has 1 unspecified atom stereocenters. The Bertz CT molecular complexity index is 412. The summed E-state index contributed by atoms with van der Waals surface area (Å²) < 4.78 is 5.63. The maximum Gasteiger partial charge on any atom is 0.195 e. The van der Waals surface area contributed by atoms with Gasteiger partial charge in [-0.15, -0.1) is 0 Å². The van der Waals surface area contributed by atoms with Crippen molar-refractivity contribution in [1.29, 1.82) is 0 Å². The van der Waals surface area contributed by atoms with E-state index in [4.69, 9.17) is 4.42 Å². The molecule has 1 aliphatic heterocycles. The second kappa shape index (κ2) is 5.65. The van der Waals surface area contributed by atoms with Crippen molar-refractivity contribution in [2.45, 2.75) is 58.5 Å². The molecule has 18 heavy (non-hydrogen) atoms. The molecule has 0 aromatic carbocycles. The van der Waals surface area contributed by atoms with Crippen LogP contribution >= 0.6 is 0 Å². The fourth-order valence-electron chi connectivity index (χ4n) is 2.73. The van der Waals surface area contributed by atoms with Gasteiger partial charge in [-0.05, 0) is 40.2 Å². The molecule has 1 atom stereocenters. The number of nitrogens with zero attached hydrogens (tertiary/aromatic N) is 2. The van der Waals surface area contributed by atoms with Crippen molar-refractivity contribution < 1.29 is 9.21 Å². The van der Waals surface area contributed by atoms with Crippen LogP contribution < -0.4 is 0 Å². The van der Waals surface area contributed by atoms with E-state index in [1.807, 2.05) is 0 Å². The molecule has 2 rings (SSSR count). The fraction of sp³-hybridized carbons (Fsp3) is 0.714. The Morgan fingerprint density at radius 3 is 3.06 bits per heavy atom. The Morgan fingerprint density at radius 2 is 2.39 bits per heavy atom. The van der Waals surface area contributed by atoms with Gasteiger partial charge in [-0.2, -0.15) is 0 Å². The number of ketones is 1. The third kappa shape index (κ3) is 3.19. The first-order valence-corrected chi connectivity index (χ1v) is 6.75. The average molecular weight is 250 g/mol. The lowest BCUT2D eigenvalue weighted by molar-refractivity contribution is -0.116. The molecule has 4 nitrogen and oxygen atoms in total. The van der Waals surface area contributed by atoms with Gasteiger partial charge in [0.2, 0.25) is 0 Å². The van der Waals surface area contributed by atoms with E-state index in [0.29, 0.717) is 24.3 Å². The summed E-state index contributed by atoms with van der Waals surface area (Å²) in [6, 6.07) is 1.11. The van der Waals surface area contributed by atoms with E-state index in [9.17, 15) is 4.79 Å². The van der Waals surface area contributed by atoms with Gasteiger partial charge < -0.3 is 4.42 Å². The first kappa shape index (κ1) is 13.3. The van der Waals surface area contributed by atoms with Crippen molar-refractivity contribution in [3.63, 3.8) is 0 Å². The number of hydrogen-bond acceptors (Lipinski definition) is 4. The Balaban J connectivity index is 1.96. The number of hydrogen-bond donors (Lipinski definition) is 0. The normalized spacial score (nSPS) is 20.8. The predicted octanol–water partition coefficient (Wildman–Crippen LogP) is 2.22. The average Bonchev–Trinajstić information content (AvgIpc) is 2.87. The summed E-state index contributed by atoms with van der Waals surface area (Å²) in [6.45, 7) is 7.20. The molecule has 1 aromatic rings. The highest BCUT2D eigenvalue weighted by molar-refractivity contribution is 5.77. The van der Waals surface area contributed by atoms with Crippen LogP contribution in [0.25, 0.3) is 0 Å². The molecule has 4 heteroatoms. The van der Waals surface area contributed by atoms with Crippen molar-refractivity contribution in [3.8, 4) is 0 Å². The number of Topliss-reactive ketones (excluding diaryl/α,β-unsaturated/α-hetero) is 1. The molecule has 1 fully saturated rings. The van der Waals surface area contributed by atoms with Crippen molar-refractivity contribution in [2.75, 3.05) is 6.54 Å². The molecule has 0 amide bonds. The molecule has 1 saturated heterocycles. The monoisotopic (exact) mass is 250 g/mol. The molecule has 100 valence electrons. The molecule has 0 radical (unpaired) electrons. The molecular formula is C14H22N2O2. The van der Waals surface area contributed by atoms with Gasteiger partial charge in [0.25, 0.3) is 0 Å². The topological polar surface area (TPSA) is 46.3 Å². The SMILES string of the molecule is CC(=O)Cc1cnc(CC2CCCN2C(C)C)o1. The van der Waals surface area contributed by atoms with Gasteiger partial charge in [-0.1, -0.05) is 0 Å². The molecule has 0 aliphatic carbocycles. The smallest absolute Gasteiger partial charge is 0.195 e. The lowest BCUT2D eigenvalue weighted by Gasteiger charge is -2.27. The lowest BCUT2D eigenvalue weighted by Crippen LogP contribution is -2.36. The van der Waals surface area contributed by atoms with E-state index in [1.165, 1.54) is 19.4 Å². The molecular weight excluding hydrogens is 228 g/mol. The first-order valence-electron chi connectivity index (χ1n) is 6.75. The van der Waals surface area contributed by atoms with Crippen LogP contribution in [0.2, 0.25) is 0 Å². The van der Waals surface area contributed by atoms with E-state index in [0.717, 1.165) is 12.3 Å². The van der Waals surface area contributed by atoms with Gasteiger partial charge in [-0.3, -0.25) is 9.69 Å². The largest absolute Gasteiger partial charge is 0.445 e. The fourth-order valence-corrected chi connectivity index (χ4v) is 2.73. The maximum absolute atomic E-state index is 11.0. The van der Waals surface area contributed by atoms with Gasteiger partial charge in [0.15, 0.2) is 5.89 Å². The van der Waals surface area contributed by atoms with Crippen LogP contribution in [0, 0.1) is 0 Å². The van der Waals surface area contributed by atoms with Gasteiger partial charge in [-0.25, -0.2) is 4.98 Å². The number of rotatable bonds is 5. The highest BCUT2D eigenvalue weighted by Gasteiger charge is 2.27. The highest BCUT2D eigenvalue weighted by Crippen LogP contribution is 2.23. The van der Waals surface area contributed by atoms with Crippen molar-refractivity contribution in [2.24, 2.45) is 0 Å². The van der Waals surface area contributed by atoms with Gasteiger partial charge >= 0.3 is 0 Å². The van der Waals surface area contributed by atoms with Gasteiger partial charge in [0.05, 0.1) is 12.6 Å². The summed E-state index contributed by atoms with van der Waals surface area (Å²) >= 11 is 0. The number of carbonyl (C=O) groups excluding carboxylic acids is 1. The second-order valence-corrected chi connectivity index (χ2v) is 5.43. The van der Waals surface area contributed by atoms with Crippen LogP contribution in [0.15, 0.2) is 10.6 Å². The van der Waals surface area contributed by atoms with E-state index in [2.05, 4.69) is 23.7 Å². The maximum atomic E-state index is 11.0. The van der Waals surface area contributed by atoms with Crippen LogP contribution in [0.4, 0.5) is 0 Å². The van der Waals surface area contributed by atoms with E-state index < -0.39 is 0 Å². The lowest BCUT2D eigenvalue weighted by atomic mass is 10.1. The van der Waals surface area contributed by atoms with Gasteiger partial charge in [0, 0.05) is 18.5 Å². The van der Waals surface area contributed by atoms with Gasteiger partial charge in [0.1, 0.15) is 11.5 Å². The van der Waals surface area contributed by atoms with E-state index in [-0.39, 0.29) is 5.78 Å². The number of likely N-dealkylation sites (tertiary alicyclic amines) is 1. The standard InChI is InChI=1S/C14H22N2O2/c1-10(2)16-6-4-5-12(16)8-14-15-9-13(18-14)7-11(3)17/h9-10,12H,4-8H2,1-3H3. The van der Waals surface area contributed by atoms with Crippen molar-refractivity contribution >= 4 is 5.78 Å². The molecule has 0 N–H and O–H groups in total. The zero-order valence-corrected chi connectivity index (χ0v) is 11.5. The Kier molecular flexibility index (Phi) is 4.17. The van der Waals surface area contributed by atoms with Crippen LogP contribution in [0.3, 0.4) is 0 Å². The molecule has 1 aliphatic rings. The summed E-state index contributed by atoms with van der Waals surface area (Å²) in [5.41, 5.74) is 0. The third-order valence-corrected chi connectivity index (χ3v) is 3.52. The molecule has 0 saturated carbocycles. The van der Waals surface area contributed by atoms with Crippen LogP contribution in [-0.4, -0.2) is 34.3 Å². The summed E-state index contributed by atoms with van der Waals surface area (Å²) in [5.74, 6) is 1.57. The summed E-state index contributed by atoms with van der Waals surface area (Å²) in [6.07, 6.45) is 5.36. The number of carbonyl (C=O) groups is 1. The minimum absolute atomic E-state index is 0.113. The van der Waals surface area contributed by atoms with Crippen molar-refractivity contribution in [3.05, 3.63) is 17.8 Å². The molecule has 1 aromatic heterocycles. The Hall–Kier alpha value is -1.16. The third-order valence-electron chi connectivity index (χ3n) is 3.52. The Labute approximate surface area is 108 Å². The molecule has 2 heterocycles. The second-order valence-electron chi connectivity index (χ2n) is 5.43. The van der Waals surface area contributed by atoms with Crippen molar-refractivity contribution in [1.82, 2.24) is 9.88 Å². The predicted molar refractivity (Wildman–Crippen MR) is 69.5 cm³/mol. The quantitative estimate of drug-likeness (QED) is 0.804. The first-order chi connectivity index (χ1) is 8.56. The summed E-state index contributed by atoms with van der Waals surface area (Å²) in [5, 5.41) is 0. The van der Waals surface area contributed by atoms with E-state index >= 15 is 0 Å². The number of oxazole rings is 1. The Morgan fingerprint density at radius 1 is 1.61 bits per heavy atom. The minimum atomic E-state index is 0.113. The number of aromatic nitrogens is 1. The summed E-state index contributed by atoms with van der Waals surface area (Å²) in [7, 11) is 0. The molecule has 0 bridgehead atoms. The summed E-state index contributed by atoms with van der Waals surface area (Å²) in [4.78, 5) is 17.8. The highest BCUT2D eigenvalue weighted by atomic mass is 16.4. The zero-order valence-electron chi connectivity index (χ0n) is 11.5. The zero-order chi connectivity index (χ0) is 13.1.